The minimum atomic E-state index is 0.0190. The van der Waals surface area contributed by atoms with Gasteiger partial charge in [0.15, 0.2) is 0 Å². The first-order valence-electron chi connectivity index (χ1n) is 7.45. The molecule has 0 saturated heterocycles. The molecule has 112 valence electrons. The SMILES string of the molecule is O=C(c1cnn2ccncc12)N(CCCl)C1CCCCC1. The summed E-state index contributed by atoms with van der Waals surface area (Å²) in [7, 11) is 0. The van der Waals surface area contributed by atoms with Gasteiger partial charge in [0.25, 0.3) is 5.91 Å². The molecular formula is C15H19ClN4O. The lowest BCUT2D eigenvalue weighted by atomic mass is 9.94. The number of hydrogen-bond acceptors (Lipinski definition) is 3. The van der Waals surface area contributed by atoms with Gasteiger partial charge in [0.05, 0.1) is 23.5 Å². The van der Waals surface area contributed by atoms with Gasteiger partial charge in [0.2, 0.25) is 0 Å². The Labute approximate surface area is 128 Å². The van der Waals surface area contributed by atoms with E-state index in [0.29, 0.717) is 24.0 Å². The van der Waals surface area contributed by atoms with Crippen molar-refractivity contribution >= 4 is 23.0 Å². The monoisotopic (exact) mass is 306 g/mol. The summed E-state index contributed by atoms with van der Waals surface area (Å²) in [5, 5.41) is 4.22. The Balaban J connectivity index is 1.89. The molecule has 0 radical (unpaired) electrons. The van der Waals surface area contributed by atoms with Crippen molar-refractivity contribution < 1.29 is 4.79 Å². The number of hydrogen-bond donors (Lipinski definition) is 0. The maximum absolute atomic E-state index is 12.9. The lowest BCUT2D eigenvalue weighted by molar-refractivity contribution is 0.0651. The Morgan fingerprint density at radius 2 is 2.14 bits per heavy atom. The number of carbonyl (C=O) groups is 1. The van der Waals surface area contributed by atoms with Gasteiger partial charge in [-0.15, -0.1) is 11.6 Å². The molecule has 0 spiro atoms. The first-order valence-corrected chi connectivity index (χ1v) is 7.99. The fraction of sp³-hybridized carbons (Fsp3) is 0.533. The van der Waals surface area contributed by atoms with Crippen LogP contribution in [0.25, 0.3) is 5.52 Å². The molecule has 1 aliphatic carbocycles. The Kier molecular flexibility index (Phi) is 4.39. The van der Waals surface area contributed by atoms with Crippen molar-refractivity contribution in [2.24, 2.45) is 0 Å². The molecule has 2 heterocycles. The minimum Gasteiger partial charge on any atom is -0.334 e. The number of halogens is 1. The van der Waals surface area contributed by atoms with Crippen molar-refractivity contribution in [1.82, 2.24) is 19.5 Å². The van der Waals surface area contributed by atoms with Gasteiger partial charge >= 0.3 is 0 Å². The average Bonchev–Trinajstić information content (AvgIpc) is 2.97. The topological polar surface area (TPSA) is 50.5 Å². The molecule has 21 heavy (non-hydrogen) atoms. The molecule has 5 nitrogen and oxygen atoms in total. The third-order valence-electron chi connectivity index (χ3n) is 4.16. The number of fused-ring (bicyclic) bond motifs is 1. The van der Waals surface area contributed by atoms with E-state index in [-0.39, 0.29) is 5.91 Å². The van der Waals surface area contributed by atoms with Crippen molar-refractivity contribution in [2.75, 3.05) is 12.4 Å². The molecule has 3 rings (SSSR count). The van der Waals surface area contributed by atoms with E-state index < -0.39 is 0 Å². The zero-order valence-electron chi connectivity index (χ0n) is 11.9. The number of carbonyl (C=O) groups excluding carboxylic acids is 1. The molecule has 2 aromatic heterocycles. The summed E-state index contributed by atoms with van der Waals surface area (Å²) in [6.45, 7) is 0.586. The van der Waals surface area contributed by atoms with E-state index in [1.165, 1.54) is 19.3 Å². The summed E-state index contributed by atoms with van der Waals surface area (Å²) in [6.07, 6.45) is 12.5. The van der Waals surface area contributed by atoms with Crippen LogP contribution in [0.4, 0.5) is 0 Å². The summed E-state index contributed by atoms with van der Waals surface area (Å²) in [4.78, 5) is 18.9. The zero-order chi connectivity index (χ0) is 14.7. The molecular weight excluding hydrogens is 288 g/mol. The molecule has 2 aromatic rings. The average molecular weight is 307 g/mol. The molecule has 0 N–H and O–H groups in total. The van der Waals surface area contributed by atoms with Crippen LogP contribution in [0.2, 0.25) is 0 Å². The maximum Gasteiger partial charge on any atom is 0.258 e. The Bertz CT molecular complexity index is 621. The molecule has 1 fully saturated rings. The van der Waals surface area contributed by atoms with Crippen LogP contribution in [0.3, 0.4) is 0 Å². The van der Waals surface area contributed by atoms with Crippen LogP contribution in [0.1, 0.15) is 42.5 Å². The van der Waals surface area contributed by atoms with Gasteiger partial charge in [-0.05, 0) is 12.8 Å². The van der Waals surface area contributed by atoms with Crippen molar-refractivity contribution in [3.63, 3.8) is 0 Å². The number of aromatic nitrogens is 3. The predicted octanol–water partition coefficient (Wildman–Crippen LogP) is 2.74. The van der Waals surface area contributed by atoms with Gasteiger partial charge in [0, 0.05) is 30.9 Å². The first-order chi connectivity index (χ1) is 10.3. The maximum atomic E-state index is 12.9. The number of alkyl halides is 1. The lowest BCUT2D eigenvalue weighted by Crippen LogP contribution is -2.42. The van der Waals surface area contributed by atoms with Crippen LogP contribution in [0, 0.1) is 0 Å². The molecule has 0 aliphatic heterocycles. The minimum absolute atomic E-state index is 0.0190. The third kappa shape index (κ3) is 2.88. The van der Waals surface area contributed by atoms with E-state index in [2.05, 4.69) is 10.1 Å². The normalized spacial score (nSPS) is 16.2. The molecule has 1 aliphatic rings. The van der Waals surface area contributed by atoms with Crippen LogP contribution >= 0.6 is 11.6 Å². The second-order valence-electron chi connectivity index (χ2n) is 5.44. The highest BCUT2D eigenvalue weighted by molar-refractivity contribution is 6.18. The molecule has 1 amide bonds. The summed E-state index contributed by atoms with van der Waals surface area (Å²) < 4.78 is 1.68. The van der Waals surface area contributed by atoms with Crippen LogP contribution in [0.15, 0.2) is 24.8 Å². The summed E-state index contributed by atoms with van der Waals surface area (Å²) in [5.74, 6) is 0.477. The smallest absolute Gasteiger partial charge is 0.258 e. The predicted molar refractivity (Wildman–Crippen MR) is 81.6 cm³/mol. The summed E-state index contributed by atoms with van der Waals surface area (Å²) >= 11 is 5.91. The van der Waals surface area contributed by atoms with E-state index >= 15 is 0 Å². The van der Waals surface area contributed by atoms with E-state index in [1.807, 2.05) is 4.90 Å². The van der Waals surface area contributed by atoms with E-state index in [4.69, 9.17) is 11.6 Å². The lowest BCUT2D eigenvalue weighted by Gasteiger charge is -2.33. The van der Waals surface area contributed by atoms with Gasteiger partial charge in [0.1, 0.15) is 0 Å². The van der Waals surface area contributed by atoms with Gasteiger partial charge in [-0.25, -0.2) is 4.52 Å². The van der Waals surface area contributed by atoms with E-state index in [0.717, 1.165) is 18.4 Å². The van der Waals surface area contributed by atoms with E-state index in [1.54, 1.807) is 29.3 Å². The van der Waals surface area contributed by atoms with Crippen molar-refractivity contribution in [2.45, 2.75) is 38.1 Å². The third-order valence-corrected chi connectivity index (χ3v) is 4.33. The van der Waals surface area contributed by atoms with Crippen molar-refractivity contribution in [3.05, 3.63) is 30.4 Å². The highest BCUT2D eigenvalue weighted by atomic mass is 35.5. The van der Waals surface area contributed by atoms with Crippen LogP contribution in [-0.2, 0) is 0 Å². The molecule has 0 aromatic carbocycles. The Hall–Kier alpha value is -1.62. The summed E-state index contributed by atoms with van der Waals surface area (Å²) in [5.41, 5.74) is 1.36. The van der Waals surface area contributed by atoms with Crippen LogP contribution < -0.4 is 0 Å². The van der Waals surface area contributed by atoms with Crippen molar-refractivity contribution in [3.8, 4) is 0 Å². The number of amides is 1. The van der Waals surface area contributed by atoms with Crippen LogP contribution in [0.5, 0.6) is 0 Å². The Morgan fingerprint density at radius 3 is 2.90 bits per heavy atom. The van der Waals surface area contributed by atoms with Gasteiger partial charge in [-0.1, -0.05) is 19.3 Å². The first kappa shape index (κ1) is 14.3. The standard InChI is InChI=1S/C15H19ClN4O/c16-6-8-19(12-4-2-1-3-5-12)15(21)13-10-18-20-9-7-17-11-14(13)20/h7,9-12H,1-6,8H2. The largest absolute Gasteiger partial charge is 0.334 e. The highest BCUT2D eigenvalue weighted by Crippen LogP contribution is 2.25. The fourth-order valence-corrected chi connectivity index (χ4v) is 3.27. The van der Waals surface area contributed by atoms with Gasteiger partial charge in [-0.2, -0.15) is 5.10 Å². The number of nitrogens with zero attached hydrogens (tertiary/aromatic N) is 4. The van der Waals surface area contributed by atoms with Gasteiger partial charge < -0.3 is 4.90 Å². The molecule has 0 bridgehead atoms. The fourth-order valence-electron chi connectivity index (χ4n) is 3.09. The second kappa shape index (κ2) is 6.43. The zero-order valence-corrected chi connectivity index (χ0v) is 12.7. The highest BCUT2D eigenvalue weighted by Gasteiger charge is 2.27. The quantitative estimate of drug-likeness (QED) is 0.816. The van der Waals surface area contributed by atoms with E-state index in [9.17, 15) is 4.79 Å². The summed E-state index contributed by atoms with van der Waals surface area (Å²) in [6, 6.07) is 0.302. The number of rotatable bonds is 4. The molecule has 6 heteroatoms. The Morgan fingerprint density at radius 1 is 1.33 bits per heavy atom. The molecule has 0 atom stereocenters. The molecule has 1 saturated carbocycles. The van der Waals surface area contributed by atoms with Crippen molar-refractivity contribution in [1.29, 1.82) is 0 Å². The van der Waals surface area contributed by atoms with Crippen LogP contribution in [-0.4, -0.2) is 43.9 Å². The second-order valence-corrected chi connectivity index (χ2v) is 5.82. The molecule has 0 unspecified atom stereocenters. The van der Waals surface area contributed by atoms with Gasteiger partial charge in [-0.3, -0.25) is 9.78 Å².